The molecule has 0 saturated carbocycles. The molecule has 1 aliphatic rings. The predicted octanol–water partition coefficient (Wildman–Crippen LogP) is 4.57. The summed E-state index contributed by atoms with van der Waals surface area (Å²) < 4.78 is 10.5. The number of fused-ring (bicyclic) bond motifs is 1. The van der Waals surface area contributed by atoms with Crippen molar-refractivity contribution in [2.24, 2.45) is 0 Å². The smallest absolute Gasteiger partial charge is 0.337 e. The normalized spacial score (nSPS) is 16.9. The number of ether oxygens (including phenoxy) is 1. The highest BCUT2D eigenvalue weighted by Gasteiger charge is 2.33. The number of ketones is 1. The van der Waals surface area contributed by atoms with Crippen LogP contribution < -0.4 is 0 Å². The summed E-state index contributed by atoms with van der Waals surface area (Å²) in [6.07, 6.45) is 1.70. The Balaban J connectivity index is 1.63. The van der Waals surface area contributed by atoms with Gasteiger partial charge in [-0.25, -0.2) is 4.79 Å². The van der Waals surface area contributed by atoms with E-state index in [0.29, 0.717) is 33.8 Å². The maximum Gasteiger partial charge on any atom is 0.337 e. The number of carbonyl (C=O) groups is 3. The molecule has 30 heavy (non-hydrogen) atoms. The lowest BCUT2D eigenvalue weighted by molar-refractivity contribution is -0.138. The van der Waals surface area contributed by atoms with Crippen molar-refractivity contribution in [2.75, 3.05) is 7.11 Å². The van der Waals surface area contributed by atoms with Gasteiger partial charge >= 0.3 is 11.9 Å². The Bertz CT molecular complexity index is 1170. The van der Waals surface area contributed by atoms with E-state index in [1.165, 1.54) is 7.11 Å². The molecule has 4 rings (SSSR count). The Morgan fingerprint density at radius 3 is 2.50 bits per heavy atom. The van der Waals surface area contributed by atoms with E-state index < -0.39 is 17.9 Å². The molecule has 150 valence electrons. The summed E-state index contributed by atoms with van der Waals surface area (Å²) in [6, 6.07) is 17.0. The lowest BCUT2D eigenvalue weighted by Crippen LogP contribution is -2.23. The quantitative estimate of drug-likeness (QED) is 0.507. The molecule has 1 aliphatic carbocycles. The Kier molecular flexibility index (Phi) is 5.06. The second-order valence-corrected chi connectivity index (χ2v) is 6.95. The van der Waals surface area contributed by atoms with Gasteiger partial charge in [-0.2, -0.15) is 0 Å². The Labute approximate surface area is 172 Å². The molecule has 0 bridgehead atoms. The lowest BCUT2D eigenvalue weighted by atomic mass is 9.79. The molecule has 2 aromatic carbocycles. The Morgan fingerprint density at radius 1 is 1.07 bits per heavy atom. The second-order valence-electron chi connectivity index (χ2n) is 6.95. The fourth-order valence-corrected chi connectivity index (χ4v) is 3.59. The number of Topliss-reactive ketones (excluding diaryl/α,β-unsaturated/α-hetero) is 1. The largest absolute Gasteiger partial charge is 0.481 e. The average Bonchev–Trinajstić information content (AvgIpc) is 3.23. The van der Waals surface area contributed by atoms with Crippen LogP contribution in [0.4, 0.5) is 0 Å². The van der Waals surface area contributed by atoms with Crippen molar-refractivity contribution < 1.29 is 28.6 Å². The van der Waals surface area contributed by atoms with E-state index in [1.807, 2.05) is 0 Å². The molecule has 1 aromatic heterocycles. The van der Waals surface area contributed by atoms with Crippen LogP contribution in [0.1, 0.15) is 44.4 Å². The molecular formula is C24H18O6. The zero-order valence-corrected chi connectivity index (χ0v) is 16.1. The number of rotatable bonds is 4. The van der Waals surface area contributed by atoms with Crippen molar-refractivity contribution >= 4 is 23.8 Å². The fourth-order valence-electron chi connectivity index (χ4n) is 3.59. The third kappa shape index (κ3) is 3.55. The molecule has 0 amide bonds. The highest BCUT2D eigenvalue weighted by atomic mass is 16.5. The molecule has 0 fully saturated rings. The Hall–Kier alpha value is -3.93. The van der Waals surface area contributed by atoms with Crippen LogP contribution in [0.25, 0.3) is 17.4 Å². The SMILES string of the molecule is COC(=O)c1ccc(-c2ccc(/C=C3\CC(C(=O)O)c4ccccc4C3=O)o2)cc1. The van der Waals surface area contributed by atoms with Crippen molar-refractivity contribution in [2.45, 2.75) is 12.3 Å². The van der Waals surface area contributed by atoms with Gasteiger partial charge in [-0.3, -0.25) is 9.59 Å². The van der Waals surface area contributed by atoms with Gasteiger partial charge in [-0.05, 0) is 42.3 Å². The van der Waals surface area contributed by atoms with E-state index >= 15 is 0 Å². The van der Waals surface area contributed by atoms with Crippen LogP contribution in [0, 0.1) is 0 Å². The number of aliphatic carboxylic acids is 1. The number of allylic oxidation sites excluding steroid dienone is 1. The second kappa shape index (κ2) is 7.83. The van der Waals surface area contributed by atoms with Gasteiger partial charge in [0.25, 0.3) is 0 Å². The van der Waals surface area contributed by atoms with Crippen molar-refractivity contribution in [3.05, 3.63) is 88.7 Å². The fraction of sp³-hybridized carbons (Fsp3) is 0.125. The number of hydrogen-bond donors (Lipinski definition) is 1. The molecular weight excluding hydrogens is 384 g/mol. The molecule has 0 saturated heterocycles. The first-order valence-electron chi connectivity index (χ1n) is 9.33. The van der Waals surface area contributed by atoms with Crippen LogP contribution in [0.2, 0.25) is 0 Å². The summed E-state index contributed by atoms with van der Waals surface area (Å²) in [5, 5.41) is 9.59. The number of benzene rings is 2. The molecule has 1 atom stereocenters. The van der Waals surface area contributed by atoms with Crippen molar-refractivity contribution in [3.63, 3.8) is 0 Å². The van der Waals surface area contributed by atoms with Gasteiger partial charge in [0.15, 0.2) is 5.78 Å². The predicted molar refractivity (Wildman–Crippen MR) is 109 cm³/mol. The van der Waals surface area contributed by atoms with E-state index in [2.05, 4.69) is 4.74 Å². The molecule has 6 heteroatoms. The third-order valence-corrected chi connectivity index (χ3v) is 5.13. The first-order valence-corrected chi connectivity index (χ1v) is 9.33. The van der Waals surface area contributed by atoms with Gasteiger partial charge in [0.1, 0.15) is 11.5 Å². The summed E-state index contributed by atoms with van der Waals surface area (Å²) in [6.45, 7) is 0. The highest BCUT2D eigenvalue weighted by Crippen LogP contribution is 2.36. The molecule has 0 aliphatic heterocycles. The summed E-state index contributed by atoms with van der Waals surface area (Å²) in [7, 11) is 1.32. The highest BCUT2D eigenvalue weighted by molar-refractivity contribution is 6.14. The van der Waals surface area contributed by atoms with Gasteiger partial charge in [0.05, 0.1) is 18.6 Å². The molecule has 1 N–H and O–H groups in total. The van der Waals surface area contributed by atoms with Crippen LogP contribution >= 0.6 is 0 Å². The molecule has 1 unspecified atom stereocenters. The molecule has 1 heterocycles. The molecule has 0 radical (unpaired) electrons. The number of carboxylic acids is 1. The standard InChI is InChI=1S/C24H18O6/c1-29-24(28)15-8-6-14(7-9-15)21-11-10-17(30-21)12-16-13-20(23(26)27)18-4-2-3-5-19(18)22(16)25/h2-12,20H,13H2,1H3,(H,26,27)/b16-12+. The minimum Gasteiger partial charge on any atom is -0.481 e. The van der Waals surface area contributed by atoms with E-state index in [0.717, 1.165) is 5.56 Å². The summed E-state index contributed by atoms with van der Waals surface area (Å²) in [5.74, 6) is -1.33. The number of furan rings is 1. The zero-order valence-electron chi connectivity index (χ0n) is 16.1. The first kappa shape index (κ1) is 19.4. The van der Waals surface area contributed by atoms with Crippen LogP contribution in [0.15, 0.2) is 70.7 Å². The van der Waals surface area contributed by atoms with Crippen LogP contribution in [-0.4, -0.2) is 29.9 Å². The molecule has 6 nitrogen and oxygen atoms in total. The number of methoxy groups -OCH3 is 1. The van der Waals surface area contributed by atoms with E-state index in [-0.39, 0.29) is 12.2 Å². The molecule has 0 spiro atoms. The number of esters is 1. The number of hydrogen-bond acceptors (Lipinski definition) is 5. The van der Waals surface area contributed by atoms with Crippen molar-refractivity contribution in [3.8, 4) is 11.3 Å². The van der Waals surface area contributed by atoms with E-state index in [9.17, 15) is 19.5 Å². The minimum atomic E-state index is -0.966. The van der Waals surface area contributed by atoms with Gasteiger partial charge in [0.2, 0.25) is 0 Å². The summed E-state index contributed by atoms with van der Waals surface area (Å²) >= 11 is 0. The third-order valence-electron chi connectivity index (χ3n) is 5.13. The Morgan fingerprint density at radius 2 is 1.80 bits per heavy atom. The topological polar surface area (TPSA) is 93.8 Å². The summed E-state index contributed by atoms with van der Waals surface area (Å²) in [4.78, 5) is 36.1. The summed E-state index contributed by atoms with van der Waals surface area (Å²) in [5.41, 5.74) is 2.53. The number of carbonyl (C=O) groups excluding carboxylic acids is 2. The average molecular weight is 402 g/mol. The lowest BCUT2D eigenvalue weighted by Gasteiger charge is -2.23. The monoisotopic (exact) mass is 402 g/mol. The maximum absolute atomic E-state index is 12.8. The maximum atomic E-state index is 12.8. The van der Waals surface area contributed by atoms with Crippen LogP contribution in [0.5, 0.6) is 0 Å². The van der Waals surface area contributed by atoms with E-state index in [4.69, 9.17) is 4.42 Å². The van der Waals surface area contributed by atoms with Crippen LogP contribution in [0.3, 0.4) is 0 Å². The van der Waals surface area contributed by atoms with Gasteiger partial charge < -0.3 is 14.3 Å². The zero-order chi connectivity index (χ0) is 21.3. The molecule has 3 aromatic rings. The van der Waals surface area contributed by atoms with E-state index in [1.54, 1.807) is 66.7 Å². The van der Waals surface area contributed by atoms with Crippen molar-refractivity contribution in [1.29, 1.82) is 0 Å². The van der Waals surface area contributed by atoms with Gasteiger partial charge in [-0.1, -0.05) is 36.4 Å². The van der Waals surface area contributed by atoms with Crippen molar-refractivity contribution in [1.82, 2.24) is 0 Å². The van der Waals surface area contributed by atoms with Gasteiger partial charge in [0, 0.05) is 16.7 Å². The van der Waals surface area contributed by atoms with Gasteiger partial charge in [-0.15, -0.1) is 0 Å². The van der Waals surface area contributed by atoms with Crippen LogP contribution in [-0.2, 0) is 9.53 Å². The first-order chi connectivity index (χ1) is 14.5. The minimum absolute atomic E-state index is 0.106. The number of carboxylic acid groups (broad SMARTS) is 1.